The first-order chi connectivity index (χ1) is 22.0. The fourth-order valence-corrected chi connectivity index (χ4v) is 6.21. The van der Waals surface area contributed by atoms with Crippen LogP contribution in [0.15, 0.2) is 48.5 Å². The Kier molecular flexibility index (Phi) is 10.6. The zero-order valence-electron chi connectivity index (χ0n) is 27.3. The summed E-state index contributed by atoms with van der Waals surface area (Å²) >= 11 is 0. The van der Waals surface area contributed by atoms with Gasteiger partial charge in [0.05, 0.1) is 13.2 Å². The highest BCUT2D eigenvalue weighted by atomic mass is 16.6. The molecule has 0 radical (unpaired) electrons. The van der Waals surface area contributed by atoms with Crippen LogP contribution in [0.3, 0.4) is 0 Å². The number of rotatable bonds is 5. The van der Waals surface area contributed by atoms with Crippen molar-refractivity contribution in [2.24, 2.45) is 0 Å². The average molecular weight is 635 g/mol. The number of hydrogen-bond acceptors (Lipinski definition) is 8. The topological polar surface area (TPSA) is 118 Å². The smallest absolute Gasteiger partial charge is 0.329 e. The predicted molar refractivity (Wildman–Crippen MR) is 171 cm³/mol. The molecule has 4 bridgehead atoms. The van der Waals surface area contributed by atoms with Crippen LogP contribution in [0, 0.1) is 0 Å². The van der Waals surface area contributed by atoms with Crippen molar-refractivity contribution in [2.45, 2.75) is 76.6 Å². The lowest BCUT2D eigenvalue weighted by atomic mass is 10.0. The summed E-state index contributed by atoms with van der Waals surface area (Å²) in [5, 5.41) is 3.02. The van der Waals surface area contributed by atoms with Crippen LogP contribution in [0.4, 0.5) is 0 Å². The first-order valence-electron chi connectivity index (χ1n) is 16.2. The molecule has 1 N–H and O–H groups in total. The monoisotopic (exact) mass is 634 g/mol. The van der Waals surface area contributed by atoms with E-state index < -0.39 is 41.5 Å². The average Bonchev–Trinajstić information content (AvgIpc) is 3.44. The Morgan fingerprint density at radius 2 is 1.61 bits per heavy atom. The molecule has 11 heteroatoms. The number of hydrogen-bond donors (Lipinski definition) is 1. The lowest BCUT2D eigenvalue weighted by molar-refractivity contribution is -0.164. The van der Waals surface area contributed by atoms with Crippen molar-refractivity contribution < 1.29 is 33.4 Å². The number of nitrogens with one attached hydrogen (secondary N) is 1. The van der Waals surface area contributed by atoms with E-state index in [1.165, 1.54) is 4.90 Å². The summed E-state index contributed by atoms with van der Waals surface area (Å²) < 4.78 is 17.5. The van der Waals surface area contributed by atoms with Crippen LogP contribution in [0.2, 0.25) is 0 Å². The van der Waals surface area contributed by atoms with Gasteiger partial charge in [0.15, 0.2) is 0 Å². The first-order valence-corrected chi connectivity index (χ1v) is 16.2. The number of morpholine rings is 1. The molecule has 5 rings (SSSR count). The molecule has 11 nitrogen and oxygen atoms in total. The third kappa shape index (κ3) is 8.64. The first kappa shape index (κ1) is 33.4. The Morgan fingerprint density at radius 1 is 0.957 bits per heavy atom. The van der Waals surface area contributed by atoms with Crippen molar-refractivity contribution in [3.8, 4) is 11.5 Å². The lowest BCUT2D eigenvalue weighted by Crippen LogP contribution is -2.58. The number of ether oxygens (including phenoxy) is 3. The Labute approximate surface area is 271 Å². The van der Waals surface area contributed by atoms with E-state index in [0.29, 0.717) is 57.1 Å². The van der Waals surface area contributed by atoms with Gasteiger partial charge < -0.3 is 29.3 Å². The number of nitrogens with zero attached hydrogens (tertiary/aromatic N) is 3. The molecule has 2 saturated heterocycles. The molecule has 0 saturated carbocycles. The maximum Gasteiger partial charge on any atom is 0.329 e. The van der Waals surface area contributed by atoms with E-state index in [1.807, 2.05) is 48.5 Å². The molecule has 248 valence electrons. The van der Waals surface area contributed by atoms with Gasteiger partial charge >= 0.3 is 5.97 Å². The van der Waals surface area contributed by atoms with Crippen molar-refractivity contribution in [3.05, 3.63) is 59.7 Å². The Hall–Kier alpha value is -3.96. The van der Waals surface area contributed by atoms with Crippen molar-refractivity contribution in [3.63, 3.8) is 0 Å². The third-order valence-electron chi connectivity index (χ3n) is 8.63. The number of carbonyl (C=O) groups is 4. The van der Waals surface area contributed by atoms with Crippen molar-refractivity contribution in [2.75, 3.05) is 46.4 Å². The predicted octanol–water partition coefficient (Wildman–Crippen LogP) is 2.94. The van der Waals surface area contributed by atoms with E-state index in [0.717, 1.165) is 24.2 Å². The SMILES string of the molecule is CN1C(=O)[C@H](CCN2CCOCC2)NC(=O)[C@@H](N2CCCC2=O)Cc2cccc(c2)Oc2cccc(c2)C[C@H]1C(=O)OC(C)(C)C. The van der Waals surface area contributed by atoms with Gasteiger partial charge in [-0.1, -0.05) is 24.3 Å². The minimum absolute atomic E-state index is 0.0860. The third-order valence-corrected chi connectivity index (χ3v) is 8.63. The number of likely N-dealkylation sites (tertiary alicyclic amines) is 1. The molecule has 0 unspecified atom stereocenters. The van der Waals surface area contributed by atoms with E-state index >= 15 is 0 Å². The maximum atomic E-state index is 14.4. The summed E-state index contributed by atoms with van der Waals surface area (Å²) in [6.45, 7) is 9.05. The highest BCUT2D eigenvalue weighted by Gasteiger charge is 2.38. The second-order valence-electron chi connectivity index (χ2n) is 13.3. The van der Waals surface area contributed by atoms with Gasteiger partial charge in [-0.2, -0.15) is 0 Å². The molecular weight excluding hydrogens is 588 g/mol. The molecule has 2 fully saturated rings. The molecule has 46 heavy (non-hydrogen) atoms. The second-order valence-corrected chi connectivity index (χ2v) is 13.3. The van der Waals surface area contributed by atoms with E-state index in [-0.39, 0.29) is 18.7 Å². The van der Waals surface area contributed by atoms with Crippen molar-refractivity contribution in [1.82, 2.24) is 20.0 Å². The van der Waals surface area contributed by atoms with E-state index in [1.54, 1.807) is 32.7 Å². The summed E-state index contributed by atoms with van der Waals surface area (Å²) in [6, 6.07) is 12.2. The molecule has 3 atom stereocenters. The van der Waals surface area contributed by atoms with Gasteiger partial charge in [0.25, 0.3) is 0 Å². The molecule has 3 aliphatic heterocycles. The molecule has 2 aromatic carbocycles. The standard InChI is InChI=1S/C35H46N4O7/c1-35(2,3)46-34(43)30-23-25-9-6-11-27(21-25)45-26-10-5-8-24(20-26)22-29(39-14-7-12-31(39)40)32(41)36-28(33(42)37(30)4)13-15-38-16-18-44-19-17-38/h5-6,8-11,20-21,28-30H,7,12-19,22-23H2,1-4H3,(H,36,41)/t28-,29-,30-/m0/s1. The molecule has 3 heterocycles. The normalized spacial score (nSPS) is 23.6. The van der Waals surface area contributed by atoms with Crippen LogP contribution >= 0.6 is 0 Å². The maximum absolute atomic E-state index is 14.4. The molecule has 3 amide bonds. The van der Waals surface area contributed by atoms with E-state index in [2.05, 4.69) is 10.2 Å². The molecule has 3 aliphatic rings. The van der Waals surface area contributed by atoms with Gasteiger partial charge in [0.1, 0.15) is 35.2 Å². The molecule has 2 aromatic rings. The van der Waals surface area contributed by atoms with E-state index in [9.17, 15) is 19.2 Å². The van der Waals surface area contributed by atoms with E-state index in [4.69, 9.17) is 14.2 Å². The summed E-state index contributed by atoms with van der Waals surface area (Å²) in [5.74, 6) is -0.259. The van der Waals surface area contributed by atoms with Crippen LogP contribution < -0.4 is 10.1 Å². The van der Waals surface area contributed by atoms with Crippen molar-refractivity contribution in [1.29, 1.82) is 0 Å². The summed E-state index contributed by atoms with van der Waals surface area (Å²) in [4.78, 5) is 60.3. The van der Waals surface area contributed by atoms with Gasteiger partial charge in [-0.3, -0.25) is 19.3 Å². The van der Waals surface area contributed by atoms with Crippen LogP contribution in [0.5, 0.6) is 11.5 Å². The van der Waals surface area contributed by atoms with Crippen LogP contribution in [0.25, 0.3) is 0 Å². The van der Waals surface area contributed by atoms with Crippen LogP contribution in [-0.4, -0.2) is 109 Å². The van der Waals surface area contributed by atoms with Gasteiger partial charge in [-0.05, 0) is 69.0 Å². The highest BCUT2D eigenvalue weighted by Crippen LogP contribution is 2.27. The van der Waals surface area contributed by atoms with Crippen LogP contribution in [-0.2, 0) is 41.5 Å². The fourth-order valence-electron chi connectivity index (χ4n) is 6.21. The summed E-state index contributed by atoms with van der Waals surface area (Å²) in [7, 11) is 1.58. The Bertz CT molecular complexity index is 1420. The van der Waals surface area contributed by atoms with Gasteiger partial charge in [0, 0.05) is 52.5 Å². The summed E-state index contributed by atoms with van der Waals surface area (Å²) in [6.07, 6.45) is 1.82. The van der Waals surface area contributed by atoms with Gasteiger partial charge in [-0.15, -0.1) is 0 Å². The quantitative estimate of drug-likeness (QED) is 0.499. The Balaban J connectivity index is 1.54. The molecule has 0 spiro atoms. The lowest BCUT2D eigenvalue weighted by Gasteiger charge is -2.35. The van der Waals surface area contributed by atoms with Gasteiger partial charge in [-0.25, -0.2) is 4.79 Å². The van der Waals surface area contributed by atoms with Crippen LogP contribution in [0.1, 0.15) is 51.2 Å². The minimum Gasteiger partial charge on any atom is -0.458 e. The summed E-state index contributed by atoms with van der Waals surface area (Å²) in [5.41, 5.74) is 0.850. The number of fused-ring (bicyclic) bond motifs is 4. The Morgan fingerprint density at radius 3 is 2.22 bits per heavy atom. The highest BCUT2D eigenvalue weighted by molar-refractivity contribution is 5.94. The largest absolute Gasteiger partial charge is 0.458 e. The number of esters is 1. The number of benzene rings is 2. The molecule has 0 aromatic heterocycles. The number of amides is 3. The fraction of sp³-hybridized carbons (Fsp3) is 0.543. The molecule has 0 aliphatic carbocycles. The molecular formula is C35H46N4O7. The number of carbonyl (C=O) groups excluding carboxylic acids is 4. The second kappa shape index (κ2) is 14.6. The van der Waals surface area contributed by atoms with Gasteiger partial charge in [0.2, 0.25) is 17.7 Å². The zero-order valence-corrected chi connectivity index (χ0v) is 27.3. The number of likely N-dealkylation sites (N-methyl/N-ethyl adjacent to an activating group) is 1. The zero-order chi connectivity index (χ0) is 32.8. The minimum atomic E-state index is -0.961. The van der Waals surface area contributed by atoms with Crippen molar-refractivity contribution >= 4 is 23.7 Å².